The third kappa shape index (κ3) is 4.39. The summed E-state index contributed by atoms with van der Waals surface area (Å²) in [4.78, 5) is 11.0. The van der Waals surface area contributed by atoms with E-state index in [9.17, 15) is 20.1 Å². The zero-order valence-corrected chi connectivity index (χ0v) is 8.56. The molecule has 0 radical (unpaired) electrons. The van der Waals surface area contributed by atoms with Gasteiger partial charge in [0, 0.05) is 6.54 Å². The van der Waals surface area contributed by atoms with Crippen molar-refractivity contribution in [2.24, 2.45) is 5.73 Å². The van der Waals surface area contributed by atoms with Crippen LogP contribution in [0.2, 0.25) is 0 Å². The predicted octanol–water partition coefficient (Wildman–Crippen LogP) is -4.08. The molecule has 0 heterocycles. The minimum absolute atomic E-state index is 0.0520. The highest BCUT2D eigenvalue weighted by Crippen LogP contribution is 2.06. The van der Waals surface area contributed by atoms with Crippen LogP contribution in [-0.2, 0) is 9.53 Å². The predicted molar refractivity (Wildman–Crippen MR) is 51.1 cm³/mol. The van der Waals surface area contributed by atoms with E-state index in [-0.39, 0.29) is 13.2 Å². The van der Waals surface area contributed by atoms with Crippen molar-refractivity contribution >= 4 is 5.97 Å². The van der Waals surface area contributed by atoms with Gasteiger partial charge >= 0.3 is 5.97 Å². The number of nitrogens with two attached hydrogens (primary N) is 1. The van der Waals surface area contributed by atoms with Gasteiger partial charge in [-0.2, -0.15) is 0 Å². The fourth-order valence-electron chi connectivity index (χ4n) is 0.907. The van der Waals surface area contributed by atoms with E-state index in [1.165, 1.54) is 0 Å². The molecule has 0 aromatic heterocycles. The van der Waals surface area contributed by atoms with Crippen molar-refractivity contribution in [2.75, 3.05) is 19.8 Å². The smallest absolute Gasteiger partial charge is 0.337 e. The number of hydrogen-bond acceptors (Lipinski definition) is 8. The van der Waals surface area contributed by atoms with Crippen LogP contribution in [0.3, 0.4) is 0 Å². The molecule has 7 N–H and O–H groups in total. The summed E-state index contributed by atoms with van der Waals surface area (Å²) in [6, 6.07) is 0. The number of carbonyl (C=O) groups excluding carboxylic acids is 1. The average molecular weight is 239 g/mol. The molecule has 16 heavy (non-hydrogen) atoms. The highest BCUT2D eigenvalue weighted by Gasteiger charge is 2.34. The normalized spacial score (nSPS) is 18.6. The summed E-state index contributed by atoms with van der Waals surface area (Å²) in [5.41, 5.74) is 5.04. The second-order valence-electron chi connectivity index (χ2n) is 3.13. The van der Waals surface area contributed by atoms with Gasteiger partial charge in [0.05, 0.1) is 6.61 Å². The Labute approximate surface area is 91.9 Å². The van der Waals surface area contributed by atoms with Crippen LogP contribution >= 0.6 is 0 Å². The summed E-state index contributed by atoms with van der Waals surface area (Å²) in [5, 5.41) is 45.1. The Kier molecular flexibility index (Phi) is 7.13. The van der Waals surface area contributed by atoms with Crippen molar-refractivity contribution in [3.05, 3.63) is 0 Å². The lowest BCUT2D eigenvalue weighted by Gasteiger charge is -2.24. The second kappa shape index (κ2) is 7.49. The lowest BCUT2D eigenvalue weighted by molar-refractivity contribution is -0.170. The molecular weight excluding hydrogens is 222 g/mol. The number of aliphatic hydroxyl groups excluding tert-OH is 5. The van der Waals surface area contributed by atoms with E-state index in [2.05, 4.69) is 4.74 Å². The number of esters is 1. The third-order valence-electron chi connectivity index (χ3n) is 1.86. The number of ether oxygens (including phenoxy) is 1. The van der Waals surface area contributed by atoms with Gasteiger partial charge in [0.2, 0.25) is 0 Å². The Morgan fingerprint density at radius 2 is 1.75 bits per heavy atom. The van der Waals surface area contributed by atoms with Gasteiger partial charge in [-0.25, -0.2) is 4.79 Å². The molecular formula is C8H17NO7. The van der Waals surface area contributed by atoms with Crippen LogP contribution in [0, 0.1) is 0 Å². The van der Waals surface area contributed by atoms with Gasteiger partial charge in [-0.15, -0.1) is 0 Å². The molecule has 4 atom stereocenters. The number of rotatable bonds is 7. The van der Waals surface area contributed by atoms with E-state index in [1.54, 1.807) is 0 Å². The Morgan fingerprint density at radius 3 is 2.19 bits per heavy atom. The van der Waals surface area contributed by atoms with Crippen LogP contribution in [0.5, 0.6) is 0 Å². The molecule has 0 saturated heterocycles. The standard InChI is InChI=1S/C8H17NO7/c9-1-2-16-8(15)7(14)6(13)5(12)4(11)3-10/h4-7,10-14H,1-3,9H2. The number of hydrogen-bond donors (Lipinski definition) is 6. The van der Waals surface area contributed by atoms with Crippen molar-refractivity contribution in [3.63, 3.8) is 0 Å². The van der Waals surface area contributed by atoms with Crippen LogP contribution in [0.25, 0.3) is 0 Å². The monoisotopic (exact) mass is 239 g/mol. The molecule has 0 aromatic carbocycles. The topological polar surface area (TPSA) is 153 Å². The van der Waals surface area contributed by atoms with E-state index in [0.717, 1.165) is 0 Å². The molecule has 0 rings (SSSR count). The summed E-state index contributed by atoms with van der Waals surface area (Å²) in [5.74, 6) is -1.16. The van der Waals surface area contributed by atoms with Gasteiger partial charge in [0.25, 0.3) is 0 Å². The van der Waals surface area contributed by atoms with E-state index < -0.39 is 37.0 Å². The van der Waals surface area contributed by atoms with Gasteiger partial charge < -0.3 is 36.0 Å². The quantitative estimate of drug-likeness (QED) is 0.245. The minimum Gasteiger partial charge on any atom is -0.462 e. The average Bonchev–Trinajstić information content (AvgIpc) is 2.31. The molecule has 0 spiro atoms. The maximum Gasteiger partial charge on any atom is 0.337 e. The van der Waals surface area contributed by atoms with Gasteiger partial charge in [-0.3, -0.25) is 0 Å². The van der Waals surface area contributed by atoms with Crippen molar-refractivity contribution in [2.45, 2.75) is 24.4 Å². The van der Waals surface area contributed by atoms with Crippen molar-refractivity contribution in [3.8, 4) is 0 Å². The summed E-state index contributed by atoms with van der Waals surface area (Å²) in [6.45, 7) is -0.902. The fourth-order valence-corrected chi connectivity index (χ4v) is 0.907. The highest BCUT2D eigenvalue weighted by molar-refractivity contribution is 5.75. The molecule has 0 saturated carbocycles. The Balaban J connectivity index is 4.25. The fraction of sp³-hybridized carbons (Fsp3) is 0.875. The lowest BCUT2D eigenvalue weighted by Crippen LogP contribution is -2.49. The second-order valence-corrected chi connectivity index (χ2v) is 3.13. The summed E-state index contributed by atoms with van der Waals surface area (Å²) in [6.07, 6.45) is -7.48. The molecule has 0 aliphatic heterocycles. The Morgan fingerprint density at radius 1 is 1.19 bits per heavy atom. The Hall–Kier alpha value is -0.770. The molecule has 8 heteroatoms. The van der Waals surface area contributed by atoms with Crippen LogP contribution in [-0.4, -0.2) is 75.7 Å². The molecule has 0 bridgehead atoms. The van der Waals surface area contributed by atoms with Gasteiger partial charge in [-0.05, 0) is 0 Å². The zero-order chi connectivity index (χ0) is 12.7. The maximum absolute atomic E-state index is 11.0. The maximum atomic E-state index is 11.0. The Bertz CT molecular complexity index is 213. The number of aliphatic hydroxyl groups is 5. The largest absolute Gasteiger partial charge is 0.462 e. The van der Waals surface area contributed by atoms with Crippen LogP contribution in [0.15, 0.2) is 0 Å². The van der Waals surface area contributed by atoms with Gasteiger partial charge in [0.1, 0.15) is 24.9 Å². The summed E-state index contributed by atoms with van der Waals surface area (Å²) < 4.78 is 4.41. The first-order valence-electron chi connectivity index (χ1n) is 4.65. The first-order chi connectivity index (χ1) is 7.45. The van der Waals surface area contributed by atoms with E-state index in [1.807, 2.05) is 0 Å². The highest BCUT2D eigenvalue weighted by atomic mass is 16.5. The van der Waals surface area contributed by atoms with E-state index in [4.69, 9.17) is 15.9 Å². The van der Waals surface area contributed by atoms with Gasteiger partial charge in [-0.1, -0.05) is 0 Å². The third-order valence-corrected chi connectivity index (χ3v) is 1.86. The van der Waals surface area contributed by atoms with E-state index in [0.29, 0.717) is 0 Å². The molecule has 4 unspecified atom stereocenters. The summed E-state index contributed by atoms with van der Waals surface area (Å²) >= 11 is 0. The minimum atomic E-state index is -2.01. The SMILES string of the molecule is NCCOC(=O)C(O)C(O)C(O)C(O)CO. The van der Waals surface area contributed by atoms with Crippen molar-refractivity contribution in [1.29, 1.82) is 0 Å². The van der Waals surface area contributed by atoms with Gasteiger partial charge in [0.15, 0.2) is 6.10 Å². The van der Waals surface area contributed by atoms with E-state index >= 15 is 0 Å². The molecule has 0 fully saturated rings. The molecule has 0 aromatic rings. The van der Waals surface area contributed by atoms with Crippen molar-refractivity contribution < 1.29 is 35.1 Å². The summed E-state index contributed by atoms with van der Waals surface area (Å²) in [7, 11) is 0. The van der Waals surface area contributed by atoms with Crippen LogP contribution in [0.4, 0.5) is 0 Å². The molecule has 0 aliphatic carbocycles. The van der Waals surface area contributed by atoms with Crippen molar-refractivity contribution in [1.82, 2.24) is 0 Å². The molecule has 96 valence electrons. The first kappa shape index (κ1) is 15.2. The number of carbonyl (C=O) groups is 1. The zero-order valence-electron chi connectivity index (χ0n) is 8.56. The first-order valence-corrected chi connectivity index (χ1v) is 4.65. The molecule has 8 nitrogen and oxygen atoms in total. The van der Waals surface area contributed by atoms with Crippen LogP contribution < -0.4 is 5.73 Å². The van der Waals surface area contributed by atoms with Crippen LogP contribution in [0.1, 0.15) is 0 Å². The molecule has 0 aliphatic rings. The molecule has 0 amide bonds. The lowest BCUT2D eigenvalue weighted by atomic mass is 10.0.